The maximum Gasteiger partial charge on any atom is 0.270 e. The zero-order valence-corrected chi connectivity index (χ0v) is 12.0. The van der Waals surface area contributed by atoms with Crippen LogP contribution in [0.4, 0.5) is 5.69 Å². The number of fused-ring (bicyclic) bond motifs is 1. The molecule has 1 aromatic carbocycles. The fourth-order valence-corrected chi connectivity index (χ4v) is 3.45. The van der Waals surface area contributed by atoms with Crippen LogP contribution in [-0.2, 0) is 16.4 Å². The van der Waals surface area contributed by atoms with Crippen molar-refractivity contribution in [3.8, 4) is 0 Å². The Kier molecular flexibility index (Phi) is 4.08. The first-order valence-corrected chi connectivity index (χ1v) is 8.19. The molecule has 108 valence electrons. The summed E-state index contributed by atoms with van der Waals surface area (Å²) in [7, 11) is -3.03. The third-order valence-corrected chi connectivity index (χ3v) is 4.96. The van der Waals surface area contributed by atoms with Crippen LogP contribution in [0.3, 0.4) is 0 Å². The zero-order chi connectivity index (χ0) is 14.8. The molecule has 0 aliphatic heterocycles. The molecule has 2 rings (SSSR count). The van der Waals surface area contributed by atoms with Gasteiger partial charge in [0.1, 0.15) is 0 Å². The van der Waals surface area contributed by atoms with Gasteiger partial charge in [-0.2, -0.15) is 0 Å². The number of nitro groups is 1. The quantitative estimate of drug-likeness (QED) is 0.605. The average Bonchev–Trinajstić information content (AvgIpc) is 2.78. The molecule has 0 bridgehead atoms. The van der Waals surface area contributed by atoms with E-state index in [0.29, 0.717) is 13.0 Å². The van der Waals surface area contributed by atoms with Gasteiger partial charge in [-0.05, 0) is 18.6 Å². The summed E-state index contributed by atoms with van der Waals surface area (Å²) in [6.07, 6.45) is 2.37. The molecule has 0 aliphatic rings. The Morgan fingerprint density at radius 2 is 2.00 bits per heavy atom. The Balaban J connectivity index is 2.22. The van der Waals surface area contributed by atoms with E-state index >= 15 is 0 Å². The molecule has 1 aromatic heterocycles. The number of non-ortho nitro benzene ring substituents is 1. The number of rotatable bonds is 6. The molecule has 0 N–H and O–H groups in total. The summed E-state index contributed by atoms with van der Waals surface area (Å²) in [6, 6.07) is 6.33. The molecular weight excluding hydrogens is 280 g/mol. The maximum absolute atomic E-state index is 11.7. The van der Waals surface area contributed by atoms with Crippen LogP contribution in [0.5, 0.6) is 0 Å². The van der Waals surface area contributed by atoms with Gasteiger partial charge in [0.15, 0.2) is 9.84 Å². The normalized spacial score (nSPS) is 11.8. The molecule has 1 heterocycles. The summed E-state index contributed by atoms with van der Waals surface area (Å²) in [5.74, 6) is 0.277. The Hall–Kier alpha value is -1.89. The number of benzene rings is 1. The number of nitrogens with zero attached hydrogens (tertiary/aromatic N) is 2. The zero-order valence-electron chi connectivity index (χ0n) is 11.2. The Bertz CT molecular complexity index is 734. The van der Waals surface area contributed by atoms with Gasteiger partial charge in [-0.15, -0.1) is 0 Å². The molecule has 2 aromatic rings. The predicted octanol–water partition coefficient (Wildman–Crippen LogP) is 2.37. The van der Waals surface area contributed by atoms with Crippen LogP contribution in [0.2, 0.25) is 0 Å². The number of hydrogen-bond acceptors (Lipinski definition) is 4. The third kappa shape index (κ3) is 3.16. The van der Waals surface area contributed by atoms with Crippen LogP contribution in [0.25, 0.3) is 10.9 Å². The lowest BCUT2D eigenvalue weighted by molar-refractivity contribution is -0.384. The molecule has 0 atom stereocenters. The highest BCUT2D eigenvalue weighted by Gasteiger charge is 2.12. The highest BCUT2D eigenvalue weighted by atomic mass is 32.2. The SMILES string of the molecule is CCCS(=O)(=O)CCn1ccc2cc([N+](=O)[O-])ccc21. The second-order valence-corrected chi connectivity index (χ2v) is 6.96. The molecule has 0 unspecified atom stereocenters. The second kappa shape index (κ2) is 5.62. The van der Waals surface area contributed by atoms with Crippen LogP contribution in [0.15, 0.2) is 30.5 Å². The topological polar surface area (TPSA) is 82.2 Å². The minimum absolute atomic E-state index is 0.0360. The number of sulfone groups is 1. The average molecular weight is 296 g/mol. The van der Waals surface area contributed by atoms with Crippen molar-refractivity contribution in [3.63, 3.8) is 0 Å². The van der Waals surface area contributed by atoms with Crippen molar-refractivity contribution in [1.29, 1.82) is 0 Å². The highest BCUT2D eigenvalue weighted by Crippen LogP contribution is 2.22. The highest BCUT2D eigenvalue weighted by molar-refractivity contribution is 7.91. The van der Waals surface area contributed by atoms with Crippen molar-refractivity contribution in [1.82, 2.24) is 4.57 Å². The monoisotopic (exact) mass is 296 g/mol. The first kappa shape index (κ1) is 14.5. The van der Waals surface area contributed by atoms with Crippen molar-refractivity contribution < 1.29 is 13.3 Å². The summed E-state index contributed by atoms with van der Waals surface area (Å²) in [4.78, 5) is 10.3. The number of hydrogen-bond donors (Lipinski definition) is 0. The lowest BCUT2D eigenvalue weighted by atomic mass is 10.2. The van der Waals surface area contributed by atoms with Crippen molar-refractivity contribution in [2.24, 2.45) is 0 Å². The number of aromatic nitrogens is 1. The maximum atomic E-state index is 11.7. The van der Waals surface area contributed by atoms with Gasteiger partial charge >= 0.3 is 0 Å². The van der Waals surface area contributed by atoms with E-state index in [2.05, 4.69) is 0 Å². The van der Waals surface area contributed by atoms with E-state index in [9.17, 15) is 18.5 Å². The molecule has 20 heavy (non-hydrogen) atoms. The van der Waals surface area contributed by atoms with E-state index in [0.717, 1.165) is 10.9 Å². The van der Waals surface area contributed by atoms with Crippen molar-refractivity contribution in [2.75, 3.05) is 11.5 Å². The van der Waals surface area contributed by atoms with Crippen molar-refractivity contribution in [2.45, 2.75) is 19.9 Å². The summed E-state index contributed by atoms with van der Waals surface area (Å²) < 4.78 is 25.2. The van der Waals surface area contributed by atoms with Gasteiger partial charge in [0.25, 0.3) is 5.69 Å². The van der Waals surface area contributed by atoms with Gasteiger partial charge in [0, 0.05) is 41.5 Å². The summed E-state index contributed by atoms with van der Waals surface area (Å²) in [6.45, 7) is 2.20. The third-order valence-electron chi connectivity index (χ3n) is 3.12. The minimum Gasteiger partial charge on any atom is -0.346 e. The van der Waals surface area contributed by atoms with Crippen LogP contribution in [0, 0.1) is 10.1 Å². The molecule has 0 amide bonds. The van der Waals surface area contributed by atoms with Gasteiger partial charge in [-0.1, -0.05) is 6.92 Å². The van der Waals surface area contributed by atoms with E-state index in [1.165, 1.54) is 12.1 Å². The molecule has 6 nitrogen and oxygen atoms in total. The largest absolute Gasteiger partial charge is 0.346 e. The Morgan fingerprint density at radius 1 is 1.25 bits per heavy atom. The van der Waals surface area contributed by atoms with Crippen molar-refractivity contribution in [3.05, 3.63) is 40.6 Å². The first-order chi connectivity index (χ1) is 9.43. The van der Waals surface area contributed by atoms with Gasteiger partial charge in [-0.3, -0.25) is 10.1 Å². The molecule has 0 fully saturated rings. The standard InChI is InChI=1S/C13H16N2O4S/c1-2-8-20(18,19)9-7-14-6-5-11-10-12(15(16)17)3-4-13(11)14/h3-6,10H,2,7-9H2,1H3. The van der Waals surface area contributed by atoms with Crippen LogP contribution >= 0.6 is 0 Å². The lowest BCUT2D eigenvalue weighted by Crippen LogP contribution is -2.15. The van der Waals surface area contributed by atoms with Gasteiger partial charge in [-0.25, -0.2) is 8.42 Å². The van der Waals surface area contributed by atoms with Gasteiger partial charge in [0.2, 0.25) is 0 Å². The van der Waals surface area contributed by atoms with Crippen LogP contribution in [-0.4, -0.2) is 29.4 Å². The Labute approximate surface area is 117 Å². The fraction of sp³-hybridized carbons (Fsp3) is 0.385. The minimum atomic E-state index is -3.03. The van der Waals surface area contributed by atoms with Crippen molar-refractivity contribution >= 4 is 26.4 Å². The van der Waals surface area contributed by atoms with E-state index in [-0.39, 0.29) is 17.2 Å². The predicted molar refractivity (Wildman–Crippen MR) is 77.5 cm³/mol. The Morgan fingerprint density at radius 3 is 2.65 bits per heavy atom. The van der Waals surface area contributed by atoms with E-state index in [4.69, 9.17) is 0 Å². The smallest absolute Gasteiger partial charge is 0.270 e. The lowest BCUT2D eigenvalue weighted by Gasteiger charge is -2.06. The summed E-state index contributed by atoms with van der Waals surface area (Å²) in [5, 5.41) is 11.4. The number of aryl methyl sites for hydroxylation is 1. The molecule has 7 heteroatoms. The number of nitro benzene ring substituents is 1. The van der Waals surface area contributed by atoms with E-state index in [1.807, 2.05) is 11.5 Å². The van der Waals surface area contributed by atoms with Gasteiger partial charge < -0.3 is 4.57 Å². The molecule has 0 saturated heterocycles. The fourth-order valence-electron chi connectivity index (χ4n) is 2.15. The van der Waals surface area contributed by atoms with Crippen LogP contribution in [0.1, 0.15) is 13.3 Å². The molecule has 0 aliphatic carbocycles. The van der Waals surface area contributed by atoms with Crippen LogP contribution < -0.4 is 0 Å². The summed E-state index contributed by atoms with van der Waals surface area (Å²) >= 11 is 0. The molecule has 0 radical (unpaired) electrons. The van der Waals surface area contributed by atoms with Gasteiger partial charge in [0.05, 0.1) is 10.7 Å². The first-order valence-electron chi connectivity index (χ1n) is 6.36. The van der Waals surface area contributed by atoms with E-state index < -0.39 is 14.8 Å². The second-order valence-electron chi connectivity index (χ2n) is 4.66. The molecule has 0 spiro atoms. The summed E-state index contributed by atoms with van der Waals surface area (Å²) in [5.41, 5.74) is 0.844. The molecular formula is C13H16N2O4S. The molecule has 0 saturated carbocycles. The van der Waals surface area contributed by atoms with E-state index in [1.54, 1.807) is 18.3 Å².